The molecule has 2 aliphatic rings. The van der Waals surface area contributed by atoms with Crippen molar-refractivity contribution in [2.75, 3.05) is 13.2 Å². The van der Waals surface area contributed by atoms with E-state index in [0.717, 1.165) is 37.8 Å². The first-order valence-corrected chi connectivity index (χ1v) is 9.51. The summed E-state index contributed by atoms with van der Waals surface area (Å²) in [6.07, 6.45) is 4.10. The van der Waals surface area contributed by atoms with E-state index in [0.29, 0.717) is 19.2 Å². The molecular weight excluding hydrogens is 324 g/mol. The predicted molar refractivity (Wildman–Crippen MR) is 102 cm³/mol. The maximum Gasteiger partial charge on any atom is 0.411 e. The van der Waals surface area contributed by atoms with E-state index in [1.165, 1.54) is 5.56 Å². The van der Waals surface area contributed by atoms with E-state index in [-0.39, 0.29) is 11.6 Å². The van der Waals surface area contributed by atoms with Gasteiger partial charge in [0, 0.05) is 6.54 Å². The number of amides is 1. The molecule has 1 heterocycles. The Balaban J connectivity index is 1.38. The molecule has 2 fully saturated rings. The van der Waals surface area contributed by atoms with Crippen LogP contribution >= 0.6 is 0 Å². The zero-order chi connectivity index (χ0) is 17.8. The van der Waals surface area contributed by atoms with E-state index in [1.807, 2.05) is 35.2 Å². The fraction of sp³-hybridized carbons (Fsp3) is 0.409. The average molecular weight is 350 g/mol. The summed E-state index contributed by atoms with van der Waals surface area (Å²) in [5.41, 5.74) is 2.36. The van der Waals surface area contributed by atoms with Crippen LogP contribution in [0.5, 0.6) is 0 Å². The number of carbonyl (C=O) groups is 1. The minimum absolute atomic E-state index is 0.0843. The van der Waals surface area contributed by atoms with Gasteiger partial charge in [-0.1, -0.05) is 60.7 Å². The molecule has 1 spiro atoms. The summed E-state index contributed by atoms with van der Waals surface area (Å²) < 4.78 is 5.60. The van der Waals surface area contributed by atoms with Crippen molar-refractivity contribution in [3.8, 4) is 0 Å². The van der Waals surface area contributed by atoms with Crippen molar-refractivity contribution >= 4 is 6.09 Å². The molecule has 4 nitrogen and oxygen atoms in total. The van der Waals surface area contributed by atoms with E-state index < -0.39 is 0 Å². The summed E-state index contributed by atoms with van der Waals surface area (Å²) in [5.74, 6) is 0.601. The van der Waals surface area contributed by atoms with Gasteiger partial charge in [0.2, 0.25) is 0 Å². The van der Waals surface area contributed by atoms with Gasteiger partial charge in [-0.25, -0.2) is 4.79 Å². The molecular formula is C22H26N2O2. The molecule has 1 saturated heterocycles. The maximum atomic E-state index is 12.7. The molecule has 0 aromatic heterocycles. The number of nitrogens with one attached hydrogen (secondary N) is 1. The third kappa shape index (κ3) is 3.47. The molecule has 2 aromatic rings. The smallest absolute Gasteiger partial charge is 0.411 e. The highest BCUT2D eigenvalue weighted by Crippen LogP contribution is 2.42. The number of rotatable bonds is 3. The Morgan fingerprint density at radius 2 is 1.69 bits per heavy atom. The average Bonchev–Trinajstić information content (AvgIpc) is 3.11. The predicted octanol–water partition coefficient (Wildman–Crippen LogP) is 4.28. The highest BCUT2D eigenvalue weighted by Gasteiger charge is 2.46. The molecule has 1 saturated carbocycles. The van der Waals surface area contributed by atoms with Crippen molar-refractivity contribution in [1.29, 1.82) is 0 Å². The Morgan fingerprint density at radius 3 is 2.38 bits per heavy atom. The first kappa shape index (κ1) is 17.1. The SMILES string of the molecule is O=C(OCc1ccccc1)N1CNCC12CCC(c1ccccc1)CC2. The van der Waals surface area contributed by atoms with Crippen molar-refractivity contribution in [3.05, 3.63) is 71.8 Å². The number of ether oxygens (including phenoxy) is 1. The molecule has 4 heteroatoms. The second-order valence-corrected chi connectivity index (χ2v) is 7.46. The molecule has 1 aliphatic heterocycles. The van der Waals surface area contributed by atoms with Gasteiger partial charge in [0.15, 0.2) is 0 Å². The molecule has 4 rings (SSSR count). The van der Waals surface area contributed by atoms with E-state index >= 15 is 0 Å². The van der Waals surface area contributed by atoms with E-state index in [2.05, 4.69) is 35.6 Å². The second-order valence-electron chi connectivity index (χ2n) is 7.46. The third-order valence-electron chi connectivity index (χ3n) is 5.91. The number of carbonyl (C=O) groups excluding carboxylic acids is 1. The summed E-state index contributed by atoms with van der Waals surface area (Å²) >= 11 is 0. The highest BCUT2D eigenvalue weighted by atomic mass is 16.6. The normalized spacial score (nSPS) is 25.4. The summed E-state index contributed by atoms with van der Waals surface area (Å²) in [6.45, 7) is 1.79. The van der Waals surface area contributed by atoms with Gasteiger partial charge < -0.3 is 4.74 Å². The molecule has 1 amide bonds. The minimum atomic E-state index is -0.197. The van der Waals surface area contributed by atoms with Gasteiger partial charge in [-0.3, -0.25) is 10.2 Å². The summed E-state index contributed by atoms with van der Waals surface area (Å²) in [6, 6.07) is 20.6. The van der Waals surface area contributed by atoms with Crippen LogP contribution in [0.3, 0.4) is 0 Å². The topological polar surface area (TPSA) is 41.6 Å². The standard InChI is InChI=1S/C22H26N2O2/c25-21(26-15-18-7-3-1-4-8-18)24-17-23-16-22(24)13-11-20(12-14-22)19-9-5-2-6-10-19/h1-10,20,23H,11-17H2. The van der Waals surface area contributed by atoms with Crippen molar-refractivity contribution in [2.24, 2.45) is 0 Å². The van der Waals surface area contributed by atoms with Crippen LogP contribution in [0.4, 0.5) is 4.79 Å². The van der Waals surface area contributed by atoms with E-state index in [1.54, 1.807) is 0 Å². The Bertz CT molecular complexity index is 724. The van der Waals surface area contributed by atoms with Crippen LogP contribution in [0.2, 0.25) is 0 Å². The minimum Gasteiger partial charge on any atom is -0.444 e. The van der Waals surface area contributed by atoms with Gasteiger partial charge >= 0.3 is 6.09 Å². The molecule has 2 aromatic carbocycles. The first-order valence-electron chi connectivity index (χ1n) is 9.51. The molecule has 1 N–H and O–H groups in total. The summed E-state index contributed by atoms with van der Waals surface area (Å²) in [4.78, 5) is 14.6. The van der Waals surface area contributed by atoms with Crippen molar-refractivity contribution in [1.82, 2.24) is 10.2 Å². The molecule has 26 heavy (non-hydrogen) atoms. The fourth-order valence-corrected chi connectivity index (χ4v) is 4.38. The van der Waals surface area contributed by atoms with Crippen LogP contribution in [0, 0.1) is 0 Å². The summed E-state index contributed by atoms with van der Waals surface area (Å²) in [7, 11) is 0. The largest absolute Gasteiger partial charge is 0.444 e. The van der Waals surface area contributed by atoms with Crippen LogP contribution in [0.1, 0.15) is 42.7 Å². The van der Waals surface area contributed by atoms with Crippen LogP contribution in [-0.4, -0.2) is 29.7 Å². The molecule has 0 bridgehead atoms. The van der Waals surface area contributed by atoms with Gasteiger partial charge in [-0.2, -0.15) is 0 Å². The second kappa shape index (κ2) is 7.50. The highest BCUT2D eigenvalue weighted by molar-refractivity contribution is 5.69. The van der Waals surface area contributed by atoms with Crippen LogP contribution in [0.15, 0.2) is 60.7 Å². The van der Waals surface area contributed by atoms with Gasteiger partial charge in [-0.15, -0.1) is 0 Å². The Hall–Kier alpha value is -2.33. The lowest BCUT2D eigenvalue weighted by molar-refractivity contribution is 0.0507. The number of hydrogen-bond donors (Lipinski definition) is 1. The van der Waals surface area contributed by atoms with Gasteiger partial charge in [0.1, 0.15) is 6.61 Å². The quantitative estimate of drug-likeness (QED) is 0.898. The Morgan fingerprint density at radius 1 is 1.04 bits per heavy atom. The fourth-order valence-electron chi connectivity index (χ4n) is 4.38. The van der Waals surface area contributed by atoms with Crippen molar-refractivity contribution < 1.29 is 9.53 Å². The molecule has 0 unspecified atom stereocenters. The van der Waals surface area contributed by atoms with E-state index in [4.69, 9.17) is 4.74 Å². The first-order chi connectivity index (χ1) is 12.8. The molecule has 0 atom stereocenters. The molecule has 1 aliphatic carbocycles. The molecule has 136 valence electrons. The third-order valence-corrected chi connectivity index (χ3v) is 5.91. The van der Waals surface area contributed by atoms with Gasteiger partial charge in [0.25, 0.3) is 0 Å². The van der Waals surface area contributed by atoms with Gasteiger partial charge in [-0.05, 0) is 42.7 Å². The summed E-state index contributed by atoms with van der Waals surface area (Å²) in [5, 5.41) is 3.39. The number of hydrogen-bond acceptors (Lipinski definition) is 3. The van der Waals surface area contributed by atoms with Crippen molar-refractivity contribution in [2.45, 2.75) is 43.7 Å². The van der Waals surface area contributed by atoms with Crippen LogP contribution in [0.25, 0.3) is 0 Å². The Labute approximate surface area is 155 Å². The van der Waals surface area contributed by atoms with Crippen LogP contribution in [-0.2, 0) is 11.3 Å². The van der Waals surface area contributed by atoms with Crippen molar-refractivity contribution in [3.63, 3.8) is 0 Å². The van der Waals surface area contributed by atoms with Crippen LogP contribution < -0.4 is 5.32 Å². The van der Waals surface area contributed by atoms with Gasteiger partial charge in [0.05, 0.1) is 12.2 Å². The number of benzene rings is 2. The van der Waals surface area contributed by atoms with E-state index in [9.17, 15) is 4.79 Å². The lowest BCUT2D eigenvalue weighted by atomic mass is 9.74. The zero-order valence-electron chi connectivity index (χ0n) is 15.1. The molecule has 0 radical (unpaired) electrons. The maximum absolute atomic E-state index is 12.7. The number of nitrogens with zero attached hydrogens (tertiary/aromatic N) is 1. The lowest BCUT2D eigenvalue weighted by Gasteiger charge is -2.42. The lowest BCUT2D eigenvalue weighted by Crippen LogP contribution is -2.51. The zero-order valence-corrected chi connectivity index (χ0v) is 15.1. The monoisotopic (exact) mass is 350 g/mol. The Kier molecular flexibility index (Phi) is 4.93.